The smallest absolute Gasteiger partial charge is 0.163 e. The number of nitrogens with zero attached hydrogens (tertiary/aromatic N) is 2. The number of halogens is 1. The van der Waals surface area contributed by atoms with E-state index in [4.69, 9.17) is 4.74 Å². The lowest BCUT2D eigenvalue weighted by molar-refractivity contribution is 0.101. The summed E-state index contributed by atoms with van der Waals surface area (Å²) in [4.78, 5) is 11.4. The van der Waals surface area contributed by atoms with E-state index >= 15 is 0 Å². The van der Waals surface area contributed by atoms with Crippen LogP contribution in [0.2, 0.25) is 0 Å². The number of alkyl halides is 1. The van der Waals surface area contributed by atoms with Gasteiger partial charge in [-0.15, -0.1) is 0 Å². The van der Waals surface area contributed by atoms with E-state index in [0.29, 0.717) is 12.2 Å². The van der Waals surface area contributed by atoms with Crippen LogP contribution < -0.4 is 4.74 Å². The molecule has 0 atom stereocenters. The topological polar surface area (TPSA) is 43.6 Å². The van der Waals surface area contributed by atoms with Gasteiger partial charge in [0.1, 0.15) is 5.75 Å². The second kappa shape index (κ2) is 6.00. The molecule has 0 bridgehead atoms. The first-order valence-electron chi connectivity index (χ1n) is 5.89. The number of pyridine rings is 1. The molecule has 18 heavy (non-hydrogen) atoms. The van der Waals surface area contributed by atoms with Crippen LogP contribution in [0, 0.1) is 0 Å². The largest absolute Gasteiger partial charge is 0.493 e. The highest BCUT2D eigenvalue weighted by Gasteiger charge is 2.09. The van der Waals surface area contributed by atoms with Crippen molar-refractivity contribution in [1.82, 2.24) is 9.61 Å². The van der Waals surface area contributed by atoms with Crippen LogP contribution >= 0.6 is 15.9 Å². The molecule has 0 saturated carbocycles. The fraction of sp³-hybridized carbons (Fsp3) is 0.385. The third-order valence-corrected chi connectivity index (χ3v) is 3.23. The van der Waals surface area contributed by atoms with Gasteiger partial charge in [0.15, 0.2) is 5.78 Å². The lowest BCUT2D eigenvalue weighted by Crippen LogP contribution is -1.99. The van der Waals surface area contributed by atoms with Crippen LogP contribution in [0.15, 0.2) is 24.5 Å². The molecule has 0 aliphatic heterocycles. The van der Waals surface area contributed by atoms with E-state index in [2.05, 4.69) is 21.0 Å². The number of ketones is 1. The van der Waals surface area contributed by atoms with E-state index in [9.17, 15) is 4.79 Å². The SMILES string of the molecule is CC(=O)c1cnn2ccc(OCCCCBr)cc12. The summed E-state index contributed by atoms with van der Waals surface area (Å²) < 4.78 is 7.33. The molecule has 0 aliphatic rings. The summed E-state index contributed by atoms with van der Waals surface area (Å²) >= 11 is 3.38. The molecule has 0 aromatic carbocycles. The van der Waals surface area contributed by atoms with Gasteiger partial charge >= 0.3 is 0 Å². The molecule has 0 fully saturated rings. The van der Waals surface area contributed by atoms with E-state index in [1.807, 2.05) is 18.3 Å². The molecule has 2 heterocycles. The maximum atomic E-state index is 11.4. The Labute approximate surface area is 114 Å². The van der Waals surface area contributed by atoms with Gasteiger partial charge in [0.25, 0.3) is 0 Å². The van der Waals surface area contributed by atoms with Crippen molar-refractivity contribution in [3.05, 3.63) is 30.1 Å². The van der Waals surface area contributed by atoms with Crippen molar-refractivity contribution in [3.8, 4) is 5.75 Å². The summed E-state index contributed by atoms with van der Waals surface area (Å²) in [7, 11) is 0. The van der Waals surface area contributed by atoms with E-state index in [1.54, 1.807) is 17.6 Å². The van der Waals surface area contributed by atoms with Gasteiger partial charge in [0, 0.05) is 17.6 Å². The summed E-state index contributed by atoms with van der Waals surface area (Å²) in [6.45, 7) is 2.23. The quantitative estimate of drug-likeness (QED) is 0.468. The third kappa shape index (κ3) is 2.90. The lowest BCUT2D eigenvalue weighted by Gasteiger charge is -2.06. The fourth-order valence-corrected chi connectivity index (χ4v) is 2.11. The van der Waals surface area contributed by atoms with E-state index in [1.165, 1.54) is 0 Å². The molecule has 0 saturated heterocycles. The minimum absolute atomic E-state index is 0.0152. The van der Waals surface area contributed by atoms with Crippen LogP contribution in [0.3, 0.4) is 0 Å². The molecule has 0 spiro atoms. The van der Waals surface area contributed by atoms with Crippen LogP contribution in [-0.4, -0.2) is 27.3 Å². The Morgan fingerprint density at radius 2 is 2.33 bits per heavy atom. The third-order valence-electron chi connectivity index (χ3n) is 2.67. The average molecular weight is 311 g/mol. The molecule has 0 amide bonds. The van der Waals surface area contributed by atoms with Crippen LogP contribution in [0.25, 0.3) is 5.52 Å². The number of hydrogen-bond donors (Lipinski definition) is 0. The van der Waals surface area contributed by atoms with Gasteiger partial charge in [-0.25, -0.2) is 4.52 Å². The summed E-state index contributed by atoms with van der Waals surface area (Å²) in [5.74, 6) is 0.793. The molecule has 2 rings (SSSR count). The van der Waals surface area contributed by atoms with Gasteiger partial charge in [-0.1, -0.05) is 15.9 Å². The Hall–Kier alpha value is -1.36. The fourth-order valence-electron chi connectivity index (χ4n) is 1.71. The molecule has 0 radical (unpaired) electrons. The summed E-state index contributed by atoms with van der Waals surface area (Å²) in [6, 6.07) is 3.72. The van der Waals surface area contributed by atoms with E-state index < -0.39 is 0 Å². The van der Waals surface area contributed by atoms with Crippen molar-refractivity contribution in [2.45, 2.75) is 19.8 Å². The van der Waals surface area contributed by atoms with Gasteiger partial charge in [-0.2, -0.15) is 5.10 Å². The molecule has 0 N–H and O–H groups in total. The molecular weight excluding hydrogens is 296 g/mol. The van der Waals surface area contributed by atoms with Crippen LogP contribution in [0.4, 0.5) is 0 Å². The Balaban J connectivity index is 2.15. The average Bonchev–Trinajstić information content (AvgIpc) is 2.77. The Kier molecular flexibility index (Phi) is 4.36. The van der Waals surface area contributed by atoms with Gasteiger partial charge in [0.2, 0.25) is 0 Å². The molecule has 4 nitrogen and oxygen atoms in total. The second-order valence-electron chi connectivity index (χ2n) is 4.05. The normalized spacial score (nSPS) is 10.8. The van der Waals surface area contributed by atoms with Crippen LogP contribution in [0.1, 0.15) is 30.1 Å². The van der Waals surface area contributed by atoms with Crippen LogP contribution in [0.5, 0.6) is 5.75 Å². The minimum Gasteiger partial charge on any atom is -0.493 e. The predicted octanol–water partition coefficient (Wildman–Crippen LogP) is 3.09. The van der Waals surface area contributed by atoms with Gasteiger partial charge < -0.3 is 4.74 Å². The van der Waals surface area contributed by atoms with Gasteiger partial charge in [-0.3, -0.25) is 4.79 Å². The number of carbonyl (C=O) groups is 1. The Bertz CT molecular complexity index is 551. The zero-order valence-corrected chi connectivity index (χ0v) is 11.8. The highest BCUT2D eigenvalue weighted by atomic mass is 79.9. The first kappa shape index (κ1) is 13.1. The Morgan fingerprint density at radius 3 is 3.06 bits per heavy atom. The molecular formula is C13H15BrN2O2. The molecule has 0 unspecified atom stereocenters. The van der Waals surface area contributed by atoms with Crippen LogP contribution in [-0.2, 0) is 0 Å². The molecule has 0 aliphatic carbocycles. The number of rotatable bonds is 6. The molecule has 5 heteroatoms. The maximum Gasteiger partial charge on any atom is 0.163 e. The number of aromatic nitrogens is 2. The number of unbranched alkanes of at least 4 members (excludes halogenated alkanes) is 1. The van der Waals surface area contributed by atoms with Crippen molar-refractivity contribution in [2.24, 2.45) is 0 Å². The Morgan fingerprint density at radius 1 is 1.50 bits per heavy atom. The highest BCUT2D eigenvalue weighted by Crippen LogP contribution is 2.18. The number of carbonyl (C=O) groups excluding carboxylic acids is 1. The number of fused-ring (bicyclic) bond motifs is 1. The highest BCUT2D eigenvalue weighted by molar-refractivity contribution is 9.09. The van der Waals surface area contributed by atoms with Crippen molar-refractivity contribution >= 4 is 27.2 Å². The van der Waals surface area contributed by atoms with E-state index in [-0.39, 0.29) is 5.78 Å². The molecule has 96 valence electrons. The molecule has 2 aromatic heterocycles. The monoisotopic (exact) mass is 310 g/mol. The second-order valence-corrected chi connectivity index (χ2v) is 4.84. The number of ether oxygens (including phenoxy) is 1. The first-order chi connectivity index (χ1) is 8.72. The summed E-state index contributed by atoms with van der Waals surface area (Å²) in [5.41, 5.74) is 1.42. The van der Waals surface area contributed by atoms with Crippen molar-refractivity contribution < 1.29 is 9.53 Å². The van der Waals surface area contributed by atoms with Crippen molar-refractivity contribution in [3.63, 3.8) is 0 Å². The zero-order valence-electron chi connectivity index (χ0n) is 10.2. The van der Waals surface area contributed by atoms with Crippen molar-refractivity contribution in [2.75, 3.05) is 11.9 Å². The van der Waals surface area contributed by atoms with E-state index in [0.717, 1.165) is 29.4 Å². The van der Waals surface area contributed by atoms with Gasteiger partial charge in [0.05, 0.1) is 23.9 Å². The maximum absolute atomic E-state index is 11.4. The summed E-state index contributed by atoms with van der Waals surface area (Å²) in [5, 5.41) is 5.12. The zero-order chi connectivity index (χ0) is 13.0. The standard InChI is InChI=1S/C13H15BrN2O2/c1-10(17)12-9-15-16-6-4-11(8-13(12)16)18-7-3-2-5-14/h4,6,8-9H,2-3,5,7H2,1H3. The minimum atomic E-state index is 0.0152. The lowest BCUT2D eigenvalue weighted by atomic mass is 10.2. The van der Waals surface area contributed by atoms with Crippen molar-refractivity contribution in [1.29, 1.82) is 0 Å². The predicted molar refractivity (Wildman–Crippen MR) is 73.7 cm³/mol. The first-order valence-corrected chi connectivity index (χ1v) is 7.01. The molecule has 2 aromatic rings. The number of Topliss-reactive ketones (excluding diaryl/α,β-unsaturated/α-hetero) is 1. The number of hydrogen-bond acceptors (Lipinski definition) is 3. The summed E-state index contributed by atoms with van der Waals surface area (Å²) in [6.07, 6.45) is 5.50. The van der Waals surface area contributed by atoms with Gasteiger partial charge in [-0.05, 0) is 25.8 Å².